The van der Waals surface area contributed by atoms with Crippen LogP contribution in [0.15, 0.2) is 76.3 Å². The number of carbonyl (C=O) groups excluding carboxylic acids is 2. The van der Waals surface area contributed by atoms with Crippen LogP contribution in [0, 0.1) is 12.8 Å². The van der Waals surface area contributed by atoms with Gasteiger partial charge in [0, 0.05) is 17.8 Å². The Bertz CT molecular complexity index is 1230. The molecule has 6 nitrogen and oxygen atoms in total. The summed E-state index contributed by atoms with van der Waals surface area (Å²) in [6.45, 7) is 4.84. The van der Waals surface area contributed by atoms with Crippen LogP contribution in [0.4, 0.5) is 0 Å². The van der Waals surface area contributed by atoms with Gasteiger partial charge in [0.1, 0.15) is 0 Å². The minimum Gasteiger partial charge on any atom is -0.463 e. The number of ether oxygens (including phenoxy) is 1. The van der Waals surface area contributed by atoms with Crippen LogP contribution >= 0.6 is 11.8 Å². The number of fused-ring (bicyclic) bond motifs is 1. The number of amides is 1. The van der Waals surface area contributed by atoms with Gasteiger partial charge in [0.05, 0.1) is 30.3 Å². The lowest BCUT2D eigenvalue weighted by Gasteiger charge is -2.37. The smallest absolute Gasteiger partial charge is 0.338 e. The van der Waals surface area contributed by atoms with Crippen molar-refractivity contribution in [1.82, 2.24) is 10.2 Å². The fourth-order valence-corrected chi connectivity index (χ4v) is 5.37. The summed E-state index contributed by atoms with van der Waals surface area (Å²) in [4.78, 5) is 33.2. The molecule has 5 rings (SSSR count). The first-order valence-corrected chi connectivity index (χ1v) is 13.0. The van der Waals surface area contributed by atoms with E-state index in [0.29, 0.717) is 17.2 Å². The molecule has 1 atom stereocenters. The van der Waals surface area contributed by atoms with Gasteiger partial charge in [-0.05, 0) is 43.6 Å². The molecule has 0 radical (unpaired) electrons. The molecule has 1 fully saturated rings. The molecule has 7 heteroatoms. The number of benzene rings is 2. The summed E-state index contributed by atoms with van der Waals surface area (Å²) in [6, 6.07) is 17.4. The Morgan fingerprint density at radius 2 is 1.94 bits per heavy atom. The molecule has 1 saturated carbocycles. The first kappa shape index (κ1) is 23.4. The number of carbonyl (C=O) groups is 2. The second kappa shape index (κ2) is 10.1. The lowest BCUT2D eigenvalue weighted by molar-refractivity contribution is -0.139. The third-order valence-electron chi connectivity index (χ3n) is 6.34. The molecule has 0 spiro atoms. The SMILES string of the molecule is CCOC(=O)C1=C(c2ccccc2)N=C2SC=C(CC(=O)NCC3CC3)N2[C@H]1c1cccc(C)c1. The van der Waals surface area contributed by atoms with Crippen molar-refractivity contribution in [3.63, 3.8) is 0 Å². The number of thioether (sulfide) groups is 1. The van der Waals surface area contributed by atoms with E-state index in [9.17, 15) is 9.59 Å². The summed E-state index contributed by atoms with van der Waals surface area (Å²) in [5.74, 6) is 0.212. The summed E-state index contributed by atoms with van der Waals surface area (Å²) in [6.07, 6.45) is 2.61. The number of nitrogens with one attached hydrogen (secondary N) is 1. The van der Waals surface area contributed by atoms with Crippen molar-refractivity contribution < 1.29 is 14.3 Å². The molecule has 1 N–H and O–H groups in total. The van der Waals surface area contributed by atoms with Gasteiger partial charge < -0.3 is 15.0 Å². The Morgan fingerprint density at radius 3 is 2.66 bits per heavy atom. The van der Waals surface area contributed by atoms with Crippen LogP contribution in [0.3, 0.4) is 0 Å². The van der Waals surface area contributed by atoms with E-state index in [4.69, 9.17) is 9.73 Å². The highest BCUT2D eigenvalue weighted by atomic mass is 32.2. The first-order valence-electron chi connectivity index (χ1n) is 12.1. The van der Waals surface area contributed by atoms with Crippen LogP contribution in [0.1, 0.15) is 48.9 Å². The highest BCUT2D eigenvalue weighted by molar-refractivity contribution is 8.16. The van der Waals surface area contributed by atoms with E-state index in [2.05, 4.69) is 11.4 Å². The van der Waals surface area contributed by atoms with Gasteiger partial charge in [0.2, 0.25) is 5.91 Å². The molecule has 2 aliphatic heterocycles. The fraction of sp³-hybridized carbons (Fsp3) is 0.321. The van der Waals surface area contributed by atoms with Crippen molar-refractivity contribution in [1.29, 1.82) is 0 Å². The number of nitrogens with zero attached hydrogens (tertiary/aromatic N) is 2. The van der Waals surface area contributed by atoms with Gasteiger partial charge in [-0.3, -0.25) is 4.79 Å². The molecule has 2 aromatic carbocycles. The summed E-state index contributed by atoms with van der Waals surface area (Å²) in [7, 11) is 0. The van der Waals surface area contributed by atoms with Crippen LogP contribution < -0.4 is 5.32 Å². The lowest BCUT2D eigenvalue weighted by Crippen LogP contribution is -2.38. The van der Waals surface area contributed by atoms with Gasteiger partial charge in [-0.15, -0.1) is 0 Å². The number of hydrogen-bond acceptors (Lipinski definition) is 6. The van der Waals surface area contributed by atoms with E-state index in [1.165, 1.54) is 24.6 Å². The quantitative estimate of drug-likeness (QED) is 0.519. The van der Waals surface area contributed by atoms with Crippen LogP contribution in [-0.2, 0) is 14.3 Å². The van der Waals surface area contributed by atoms with E-state index >= 15 is 0 Å². The highest BCUT2D eigenvalue weighted by Crippen LogP contribution is 2.47. The van der Waals surface area contributed by atoms with E-state index in [0.717, 1.165) is 34.1 Å². The maximum absolute atomic E-state index is 13.5. The molecule has 2 heterocycles. The maximum atomic E-state index is 13.5. The second-order valence-corrected chi connectivity index (χ2v) is 9.92. The van der Waals surface area contributed by atoms with Crippen LogP contribution in [0.5, 0.6) is 0 Å². The van der Waals surface area contributed by atoms with Gasteiger partial charge in [-0.1, -0.05) is 71.9 Å². The molecule has 0 unspecified atom stereocenters. The molecule has 0 bridgehead atoms. The van der Waals surface area contributed by atoms with Crippen molar-refractivity contribution in [3.05, 3.63) is 88.0 Å². The topological polar surface area (TPSA) is 71.0 Å². The average Bonchev–Trinajstić information content (AvgIpc) is 3.62. The highest BCUT2D eigenvalue weighted by Gasteiger charge is 2.42. The molecule has 2 aromatic rings. The number of hydrogen-bond donors (Lipinski definition) is 1. The molecule has 180 valence electrons. The van der Waals surface area contributed by atoms with Gasteiger partial charge in [-0.25, -0.2) is 9.79 Å². The third-order valence-corrected chi connectivity index (χ3v) is 7.23. The maximum Gasteiger partial charge on any atom is 0.338 e. The Morgan fingerprint density at radius 1 is 1.14 bits per heavy atom. The fourth-order valence-electron chi connectivity index (χ4n) is 4.45. The minimum absolute atomic E-state index is 0.0106. The van der Waals surface area contributed by atoms with Gasteiger partial charge in [0.15, 0.2) is 5.17 Å². The number of aliphatic imine (C=N–C) groups is 1. The summed E-state index contributed by atoms with van der Waals surface area (Å²) in [5, 5.41) is 5.80. The lowest BCUT2D eigenvalue weighted by atomic mass is 9.90. The van der Waals surface area contributed by atoms with Crippen molar-refractivity contribution in [3.8, 4) is 0 Å². The number of rotatable bonds is 8. The van der Waals surface area contributed by atoms with E-state index in [1.807, 2.05) is 65.8 Å². The Hall–Kier alpha value is -3.32. The summed E-state index contributed by atoms with van der Waals surface area (Å²) >= 11 is 1.49. The monoisotopic (exact) mass is 487 g/mol. The van der Waals surface area contributed by atoms with Crippen molar-refractivity contribution in [2.75, 3.05) is 13.2 Å². The van der Waals surface area contributed by atoms with Crippen LogP contribution in [0.2, 0.25) is 0 Å². The number of amidine groups is 1. The third kappa shape index (κ3) is 5.05. The minimum atomic E-state index is -0.450. The molecular weight excluding hydrogens is 458 g/mol. The van der Waals surface area contributed by atoms with E-state index in [-0.39, 0.29) is 18.9 Å². The summed E-state index contributed by atoms with van der Waals surface area (Å²) < 4.78 is 5.55. The molecule has 1 amide bonds. The Labute approximate surface area is 210 Å². The standard InChI is InChI=1S/C28H29N3O3S/c1-3-34-27(33)24-25(20-9-5-4-6-10-20)30-28-31(26(24)21-11-7-8-18(2)14-21)22(17-35-28)15-23(32)29-16-19-12-13-19/h4-11,14,17,19,26H,3,12-13,15-16H2,1-2H3,(H,29,32)/t26-/m0/s1. The second-order valence-electron chi connectivity index (χ2n) is 9.08. The zero-order valence-electron chi connectivity index (χ0n) is 20.0. The Balaban J connectivity index is 1.59. The molecule has 1 aliphatic carbocycles. The van der Waals surface area contributed by atoms with Crippen molar-refractivity contribution >= 4 is 34.5 Å². The molecular formula is C28H29N3O3S. The molecule has 0 aromatic heterocycles. The van der Waals surface area contributed by atoms with Crippen molar-refractivity contribution in [2.24, 2.45) is 10.9 Å². The van der Waals surface area contributed by atoms with Gasteiger partial charge in [-0.2, -0.15) is 0 Å². The Kier molecular flexibility index (Phi) is 6.77. The summed E-state index contributed by atoms with van der Waals surface area (Å²) in [5.41, 5.74) is 4.84. The average molecular weight is 488 g/mol. The number of aryl methyl sites for hydroxylation is 1. The first-order chi connectivity index (χ1) is 17.0. The van der Waals surface area contributed by atoms with Crippen molar-refractivity contribution in [2.45, 2.75) is 39.2 Å². The predicted octanol–water partition coefficient (Wildman–Crippen LogP) is 5.19. The largest absolute Gasteiger partial charge is 0.463 e. The zero-order chi connectivity index (χ0) is 24.4. The zero-order valence-corrected chi connectivity index (χ0v) is 20.8. The molecule has 0 saturated heterocycles. The predicted molar refractivity (Wildman–Crippen MR) is 139 cm³/mol. The normalized spacial score (nSPS) is 19.1. The van der Waals surface area contributed by atoms with Crippen LogP contribution in [0.25, 0.3) is 5.70 Å². The number of esters is 1. The van der Waals surface area contributed by atoms with E-state index < -0.39 is 12.0 Å². The van der Waals surface area contributed by atoms with Crippen LogP contribution in [-0.4, -0.2) is 35.1 Å². The van der Waals surface area contributed by atoms with Gasteiger partial charge in [0.25, 0.3) is 0 Å². The van der Waals surface area contributed by atoms with Gasteiger partial charge >= 0.3 is 5.97 Å². The molecule has 35 heavy (non-hydrogen) atoms. The molecule has 3 aliphatic rings. The van der Waals surface area contributed by atoms with E-state index in [1.54, 1.807) is 6.92 Å².